The molecule has 0 aromatic heterocycles. The lowest BCUT2D eigenvalue weighted by molar-refractivity contribution is -0.140. The summed E-state index contributed by atoms with van der Waals surface area (Å²) in [7, 11) is -1.18. The fraction of sp³-hybridized carbons (Fsp3) is 0.355. The number of hydrogen-bond donors (Lipinski definition) is 1. The zero-order valence-electron chi connectivity index (χ0n) is 24.2. The second-order valence-corrected chi connectivity index (χ2v) is 11.5. The van der Waals surface area contributed by atoms with E-state index in [1.807, 2.05) is 32.9 Å². The van der Waals surface area contributed by atoms with E-state index < -0.39 is 28.5 Å². The number of para-hydroxylation sites is 2. The zero-order valence-corrected chi connectivity index (χ0v) is 25.1. The van der Waals surface area contributed by atoms with E-state index in [1.54, 1.807) is 61.7 Å². The van der Waals surface area contributed by atoms with Gasteiger partial charge in [0, 0.05) is 12.6 Å². The number of benzene rings is 3. The fourth-order valence-corrected chi connectivity index (χ4v) is 5.80. The van der Waals surface area contributed by atoms with Gasteiger partial charge in [0.25, 0.3) is 10.0 Å². The molecular weight excluding hydrogens is 542 g/mol. The smallest absolute Gasteiger partial charge is 0.264 e. The highest BCUT2D eigenvalue weighted by Gasteiger charge is 2.34. The van der Waals surface area contributed by atoms with Crippen LogP contribution >= 0.6 is 0 Å². The van der Waals surface area contributed by atoms with E-state index in [9.17, 15) is 18.0 Å². The maximum absolute atomic E-state index is 14.2. The summed E-state index contributed by atoms with van der Waals surface area (Å²) in [5, 5.41) is 2.97. The fourth-order valence-electron chi connectivity index (χ4n) is 4.36. The van der Waals surface area contributed by atoms with Gasteiger partial charge in [-0.05, 0) is 61.7 Å². The minimum Gasteiger partial charge on any atom is -0.497 e. The molecule has 0 aliphatic heterocycles. The van der Waals surface area contributed by atoms with Crippen LogP contribution in [0.1, 0.15) is 39.2 Å². The summed E-state index contributed by atoms with van der Waals surface area (Å²) in [6.07, 6.45) is 1.07. The van der Waals surface area contributed by atoms with Crippen LogP contribution in [0.3, 0.4) is 0 Å². The predicted octanol–water partition coefficient (Wildman–Crippen LogP) is 4.62. The lowest BCUT2D eigenvalue weighted by atomic mass is 10.1. The Morgan fingerprint density at radius 3 is 2.07 bits per heavy atom. The number of ether oxygens (including phenoxy) is 2. The van der Waals surface area contributed by atoms with E-state index in [-0.39, 0.29) is 29.1 Å². The molecule has 0 unspecified atom stereocenters. The molecule has 9 nitrogen and oxygen atoms in total. The number of carbonyl (C=O) groups excluding carboxylic acids is 2. The first-order chi connectivity index (χ1) is 19.7. The van der Waals surface area contributed by atoms with E-state index in [0.29, 0.717) is 17.9 Å². The molecule has 0 saturated carbocycles. The van der Waals surface area contributed by atoms with E-state index in [0.717, 1.165) is 16.3 Å². The van der Waals surface area contributed by atoms with Crippen molar-refractivity contribution < 1.29 is 27.5 Å². The average Bonchev–Trinajstić information content (AvgIpc) is 3.00. The maximum atomic E-state index is 14.2. The number of sulfonamides is 1. The number of nitrogens with zero attached hydrogens (tertiary/aromatic N) is 2. The van der Waals surface area contributed by atoms with Crippen molar-refractivity contribution in [3.63, 3.8) is 0 Å². The molecule has 2 amide bonds. The second kappa shape index (κ2) is 14.5. The van der Waals surface area contributed by atoms with Gasteiger partial charge in [0.2, 0.25) is 11.8 Å². The summed E-state index contributed by atoms with van der Waals surface area (Å²) in [5.41, 5.74) is 0.984. The van der Waals surface area contributed by atoms with Crippen LogP contribution in [0.4, 0.5) is 5.69 Å². The molecular formula is C31H39N3O6S. The first kappa shape index (κ1) is 31.5. The maximum Gasteiger partial charge on any atom is 0.264 e. The molecule has 1 N–H and O–H groups in total. The lowest BCUT2D eigenvalue weighted by Crippen LogP contribution is -2.53. The van der Waals surface area contributed by atoms with Gasteiger partial charge in [0.05, 0.1) is 24.8 Å². The Morgan fingerprint density at radius 2 is 1.49 bits per heavy atom. The van der Waals surface area contributed by atoms with Crippen molar-refractivity contribution in [3.05, 3.63) is 84.4 Å². The molecule has 3 rings (SSSR count). The van der Waals surface area contributed by atoms with Gasteiger partial charge in [-0.3, -0.25) is 13.9 Å². The van der Waals surface area contributed by atoms with Gasteiger partial charge in [0.15, 0.2) is 0 Å². The molecule has 2 atom stereocenters. The molecule has 0 fully saturated rings. The van der Waals surface area contributed by atoms with Crippen LogP contribution in [0.5, 0.6) is 11.5 Å². The summed E-state index contributed by atoms with van der Waals surface area (Å²) in [5.74, 6) is 0.128. The molecule has 0 aliphatic rings. The van der Waals surface area contributed by atoms with Gasteiger partial charge in [-0.25, -0.2) is 8.42 Å². The van der Waals surface area contributed by atoms with Crippen molar-refractivity contribution in [1.82, 2.24) is 10.2 Å². The molecule has 3 aromatic carbocycles. The highest BCUT2D eigenvalue weighted by atomic mass is 32.2. The van der Waals surface area contributed by atoms with Crippen molar-refractivity contribution in [2.75, 3.05) is 25.1 Å². The lowest BCUT2D eigenvalue weighted by Gasteiger charge is -2.34. The van der Waals surface area contributed by atoms with E-state index in [1.165, 1.54) is 24.1 Å². The molecule has 0 radical (unpaired) electrons. The average molecular weight is 582 g/mol. The number of hydrogen-bond acceptors (Lipinski definition) is 6. The van der Waals surface area contributed by atoms with Gasteiger partial charge >= 0.3 is 0 Å². The number of carbonyl (C=O) groups is 2. The molecule has 0 heterocycles. The van der Waals surface area contributed by atoms with Crippen LogP contribution in [0.2, 0.25) is 0 Å². The van der Waals surface area contributed by atoms with Crippen LogP contribution in [0, 0.1) is 0 Å². The third-order valence-corrected chi connectivity index (χ3v) is 8.64. The minimum atomic E-state index is -4.18. The molecule has 41 heavy (non-hydrogen) atoms. The van der Waals surface area contributed by atoms with Crippen molar-refractivity contribution in [2.24, 2.45) is 0 Å². The highest BCUT2D eigenvalue weighted by molar-refractivity contribution is 7.92. The Labute approximate surface area is 243 Å². The van der Waals surface area contributed by atoms with Gasteiger partial charge < -0.3 is 19.7 Å². The second-order valence-electron chi connectivity index (χ2n) is 9.61. The van der Waals surface area contributed by atoms with Crippen LogP contribution in [0.15, 0.2) is 83.8 Å². The Kier molecular flexibility index (Phi) is 11.2. The summed E-state index contributed by atoms with van der Waals surface area (Å²) in [6.45, 7) is 5.25. The largest absolute Gasteiger partial charge is 0.497 e. The summed E-state index contributed by atoms with van der Waals surface area (Å²) in [6, 6.07) is 20.8. The summed E-state index contributed by atoms with van der Waals surface area (Å²) < 4.78 is 39.7. The summed E-state index contributed by atoms with van der Waals surface area (Å²) >= 11 is 0. The van der Waals surface area contributed by atoms with E-state index >= 15 is 0 Å². The van der Waals surface area contributed by atoms with Crippen molar-refractivity contribution in [1.29, 1.82) is 0 Å². The monoisotopic (exact) mass is 581 g/mol. The number of methoxy groups -OCH3 is 2. The Morgan fingerprint density at radius 1 is 0.854 bits per heavy atom. The standard InChI is InChI=1S/C31H39N3O6S/c1-6-23(3)32-31(36)27(7-2)33(21-24-17-19-25(39-4)20-18-24)30(35)22-34(28-15-11-12-16-29(28)40-5)41(37,38)26-13-9-8-10-14-26/h8-20,23,27H,6-7,21-22H2,1-5H3,(H,32,36)/t23-,27-/m0/s1. The topological polar surface area (TPSA) is 105 Å². The predicted molar refractivity (Wildman–Crippen MR) is 159 cm³/mol. The third kappa shape index (κ3) is 7.79. The molecule has 0 spiro atoms. The van der Waals surface area contributed by atoms with E-state index in [4.69, 9.17) is 9.47 Å². The molecule has 0 bridgehead atoms. The first-order valence-corrected chi connectivity index (χ1v) is 15.0. The highest BCUT2D eigenvalue weighted by Crippen LogP contribution is 2.32. The zero-order chi connectivity index (χ0) is 30.0. The Balaban J connectivity index is 2.08. The van der Waals surface area contributed by atoms with Crippen molar-refractivity contribution >= 4 is 27.5 Å². The SMILES string of the molecule is CC[C@H](C)NC(=O)[C@H](CC)N(Cc1ccc(OC)cc1)C(=O)CN(c1ccccc1OC)S(=O)(=O)c1ccccc1. The summed E-state index contributed by atoms with van der Waals surface area (Å²) in [4.78, 5) is 29.0. The number of anilines is 1. The molecule has 0 aliphatic carbocycles. The van der Waals surface area contributed by atoms with Crippen LogP contribution in [-0.2, 0) is 26.2 Å². The number of nitrogens with one attached hydrogen (secondary N) is 1. The Hall–Kier alpha value is -4.05. The van der Waals surface area contributed by atoms with Crippen molar-refractivity contribution in [3.8, 4) is 11.5 Å². The molecule has 3 aromatic rings. The first-order valence-electron chi connectivity index (χ1n) is 13.6. The normalized spacial score (nSPS) is 12.6. The Bertz CT molecular complexity index is 1400. The van der Waals surface area contributed by atoms with Gasteiger partial charge in [-0.15, -0.1) is 0 Å². The van der Waals surface area contributed by atoms with E-state index in [2.05, 4.69) is 5.32 Å². The minimum absolute atomic E-state index is 0.0296. The van der Waals surface area contributed by atoms with Crippen molar-refractivity contribution in [2.45, 2.75) is 57.1 Å². The van der Waals surface area contributed by atoms with Gasteiger partial charge in [-0.1, -0.05) is 56.3 Å². The number of amides is 2. The third-order valence-electron chi connectivity index (χ3n) is 6.86. The quantitative estimate of drug-likeness (QED) is 0.298. The van der Waals surface area contributed by atoms with Crippen LogP contribution in [0.25, 0.3) is 0 Å². The molecule has 10 heteroatoms. The van der Waals surface area contributed by atoms with Gasteiger partial charge in [-0.2, -0.15) is 0 Å². The molecule has 0 saturated heterocycles. The van der Waals surface area contributed by atoms with Crippen LogP contribution in [-0.4, -0.2) is 58.0 Å². The number of rotatable bonds is 14. The molecule has 220 valence electrons. The van der Waals surface area contributed by atoms with Crippen LogP contribution < -0.4 is 19.1 Å². The van der Waals surface area contributed by atoms with Gasteiger partial charge in [0.1, 0.15) is 24.1 Å².